The molecule has 2 amide bonds. The van der Waals surface area contributed by atoms with Gasteiger partial charge in [-0.05, 0) is 0 Å². The van der Waals surface area contributed by atoms with E-state index in [9.17, 15) is 18.4 Å². The first-order valence-electron chi connectivity index (χ1n) is 8.18. The van der Waals surface area contributed by atoms with Gasteiger partial charge in [0.05, 0.1) is 26.4 Å². The Balaban J connectivity index is 1.73. The number of amides is 2. The number of aliphatic hydroxyl groups is 1. The number of imide groups is 1. The molecule has 3 rings (SSSR count). The lowest BCUT2D eigenvalue weighted by Crippen LogP contribution is -2.34. The summed E-state index contributed by atoms with van der Waals surface area (Å²) in [4.78, 5) is 24.6. The lowest BCUT2D eigenvalue weighted by Gasteiger charge is -2.24. The number of carbonyl (C=O) groups excluding carboxylic acids is 2. The summed E-state index contributed by atoms with van der Waals surface area (Å²) in [5.74, 6) is -3.58. The van der Waals surface area contributed by atoms with Gasteiger partial charge in [0.25, 0.3) is 11.8 Å². The number of rotatable bonds is 6. The zero-order chi connectivity index (χ0) is 18.7. The lowest BCUT2D eigenvalue weighted by atomic mass is 10.1. The molecule has 1 aromatic rings. The van der Waals surface area contributed by atoms with Gasteiger partial charge in [-0.1, -0.05) is 0 Å². The lowest BCUT2D eigenvalue weighted by molar-refractivity contribution is -0.137. The number of nitrogens with zero attached hydrogens (tertiary/aromatic N) is 1. The summed E-state index contributed by atoms with van der Waals surface area (Å²) in [5, 5.41) is 11.4. The van der Waals surface area contributed by atoms with Gasteiger partial charge in [0.1, 0.15) is 11.8 Å². The Kier molecular flexibility index (Phi) is 5.48. The molecule has 0 saturated carbocycles. The minimum atomic E-state index is -0.913. The van der Waals surface area contributed by atoms with Crippen LogP contribution in [0, 0.1) is 11.6 Å². The Morgan fingerprint density at radius 2 is 1.88 bits per heavy atom. The van der Waals surface area contributed by atoms with E-state index < -0.39 is 29.2 Å². The topological polar surface area (TPSA) is 88.1 Å². The number of anilines is 1. The van der Waals surface area contributed by atoms with Crippen molar-refractivity contribution >= 4 is 17.5 Å². The Labute approximate surface area is 148 Å². The van der Waals surface area contributed by atoms with Gasteiger partial charge < -0.3 is 19.9 Å². The van der Waals surface area contributed by atoms with Crippen LogP contribution in [0.1, 0.15) is 12.8 Å². The van der Waals surface area contributed by atoms with Crippen molar-refractivity contribution in [2.75, 3.05) is 31.7 Å². The molecule has 2 N–H and O–H groups in total. The van der Waals surface area contributed by atoms with Crippen molar-refractivity contribution in [2.24, 2.45) is 0 Å². The third-order valence-corrected chi connectivity index (χ3v) is 4.06. The van der Waals surface area contributed by atoms with Gasteiger partial charge in [-0.25, -0.2) is 8.78 Å². The molecule has 7 nitrogen and oxygen atoms in total. The van der Waals surface area contributed by atoms with Crippen LogP contribution in [0.4, 0.5) is 14.5 Å². The highest BCUT2D eigenvalue weighted by atomic mass is 19.1. The summed E-state index contributed by atoms with van der Waals surface area (Å²) < 4.78 is 39.1. The number of aliphatic hydroxyl groups excluding tert-OH is 1. The van der Waals surface area contributed by atoms with Crippen LogP contribution in [-0.4, -0.2) is 54.3 Å². The summed E-state index contributed by atoms with van der Waals surface area (Å²) in [6.45, 7) is 0.421. The van der Waals surface area contributed by atoms with Gasteiger partial charge >= 0.3 is 0 Å². The quantitative estimate of drug-likeness (QED) is 0.733. The number of hydrogen-bond donors (Lipinski definition) is 2. The number of carbonyl (C=O) groups is 2. The van der Waals surface area contributed by atoms with Crippen molar-refractivity contribution in [2.45, 2.75) is 18.9 Å². The number of benzene rings is 1. The average Bonchev–Trinajstić information content (AvgIpc) is 2.87. The number of ether oxygens (including phenoxy) is 2. The maximum atomic E-state index is 14.3. The van der Waals surface area contributed by atoms with Gasteiger partial charge in [0, 0.05) is 36.7 Å². The minimum Gasteiger partial charge on any atom is -0.484 e. The predicted molar refractivity (Wildman–Crippen MR) is 86.3 cm³/mol. The SMILES string of the molecule is O=C1C=C(Nc2cc(F)c(OC3CCOCC3)c(F)c2)C(=O)N1CCO. The van der Waals surface area contributed by atoms with Crippen molar-refractivity contribution in [3.63, 3.8) is 0 Å². The zero-order valence-corrected chi connectivity index (χ0v) is 13.8. The molecule has 0 aromatic heterocycles. The van der Waals surface area contributed by atoms with Crippen molar-refractivity contribution in [1.82, 2.24) is 4.90 Å². The Morgan fingerprint density at radius 1 is 1.23 bits per heavy atom. The van der Waals surface area contributed by atoms with E-state index in [0.717, 1.165) is 23.1 Å². The van der Waals surface area contributed by atoms with E-state index in [0.29, 0.717) is 26.1 Å². The molecular formula is C17H18F2N2O5. The Bertz CT molecular complexity index is 724. The van der Waals surface area contributed by atoms with Crippen LogP contribution < -0.4 is 10.1 Å². The molecule has 0 spiro atoms. The van der Waals surface area contributed by atoms with E-state index in [4.69, 9.17) is 14.6 Å². The molecular weight excluding hydrogens is 350 g/mol. The summed E-state index contributed by atoms with van der Waals surface area (Å²) in [6.07, 6.45) is 1.78. The largest absolute Gasteiger partial charge is 0.484 e. The van der Waals surface area contributed by atoms with E-state index >= 15 is 0 Å². The van der Waals surface area contributed by atoms with Crippen LogP contribution in [-0.2, 0) is 14.3 Å². The molecule has 26 heavy (non-hydrogen) atoms. The van der Waals surface area contributed by atoms with Gasteiger partial charge in [-0.2, -0.15) is 0 Å². The fraction of sp³-hybridized carbons (Fsp3) is 0.412. The highest BCUT2D eigenvalue weighted by Gasteiger charge is 2.31. The van der Waals surface area contributed by atoms with E-state index in [2.05, 4.69) is 5.32 Å². The Morgan fingerprint density at radius 3 is 2.50 bits per heavy atom. The second-order valence-electron chi connectivity index (χ2n) is 5.90. The number of β-amino-alcohol motifs (C(OH)–C–C–N with tert-alkyl or cyclic N) is 1. The molecule has 1 aromatic carbocycles. The Hall–Kier alpha value is -2.52. The van der Waals surface area contributed by atoms with E-state index in [-0.39, 0.29) is 30.6 Å². The smallest absolute Gasteiger partial charge is 0.277 e. The predicted octanol–water partition coefficient (Wildman–Crippen LogP) is 1.18. The van der Waals surface area contributed by atoms with E-state index in [1.165, 1.54) is 0 Å². The molecule has 140 valence electrons. The summed E-state index contributed by atoms with van der Waals surface area (Å²) in [6, 6.07) is 1.98. The molecule has 1 saturated heterocycles. The number of nitrogens with one attached hydrogen (secondary N) is 1. The van der Waals surface area contributed by atoms with Crippen molar-refractivity contribution < 1.29 is 33.0 Å². The molecule has 0 atom stereocenters. The molecule has 1 fully saturated rings. The van der Waals surface area contributed by atoms with Crippen LogP contribution in [0.3, 0.4) is 0 Å². The normalized spacial score (nSPS) is 18.3. The van der Waals surface area contributed by atoms with E-state index in [1.807, 2.05) is 0 Å². The molecule has 0 unspecified atom stereocenters. The molecule has 0 radical (unpaired) electrons. The van der Waals surface area contributed by atoms with Crippen molar-refractivity contribution in [3.05, 3.63) is 35.5 Å². The zero-order valence-electron chi connectivity index (χ0n) is 13.8. The van der Waals surface area contributed by atoms with Gasteiger partial charge in [-0.3, -0.25) is 14.5 Å². The van der Waals surface area contributed by atoms with Crippen molar-refractivity contribution in [3.8, 4) is 5.75 Å². The fourth-order valence-corrected chi connectivity index (χ4v) is 2.77. The van der Waals surface area contributed by atoms with Gasteiger partial charge in [-0.15, -0.1) is 0 Å². The van der Waals surface area contributed by atoms with Crippen LogP contribution >= 0.6 is 0 Å². The maximum Gasteiger partial charge on any atom is 0.277 e. The maximum absolute atomic E-state index is 14.3. The van der Waals surface area contributed by atoms with Gasteiger partial charge in [0.15, 0.2) is 17.4 Å². The van der Waals surface area contributed by atoms with Gasteiger partial charge in [0.2, 0.25) is 0 Å². The third-order valence-electron chi connectivity index (χ3n) is 4.06. The summed E-state index contributed by atoms with van der Waals surface area (Å²) in [5.41, 5.74) is -0.155. The molecule has 2 aliphatic heterocycles. The van der Waals surface area contributed by atoms with Crippen LogP contribution in [0.25, 0.3) is 0 Å². The first-order valence-corrected chi connectivity index (χ1v) is 8.18. The summed E-state index contributed by atoms with van der Waals surface area (Å²) >= 11 is 0. The fourth-order valence-electron chi connectivity index (χ4n) is 2.77. The highest BCUT2D eigenvalue weighted by Crippen LogP contribution is 2.29. The highest BCUT2D eigenvalue weighted by molar-refractivity contribution is 6.17. The van der Waals surface area contributed by atoms with E-state index in [1.54, 1.807) is 0 Å². The van der Waals surface area contributed by atoms with Crippen LogP contribution in [0.15, 0.2) is 23.9 Å². The summed E-state index contributed by atoms with van der Waals surface area (Å²) in [7, 11) is 0. The average molecular weight is 368 g/mol. The van der Waals surface area contributed by atoms with Crippen molar-refractivity contribution in [1.29, 1.82) is 0 Å². The minimum absolute atomic E-state index is 0.0300. The second-order valence-corrected chi connectivity index (χ2v) is 5.90. The molecule has 2 aliphatic rings. The molecule has 0 bridgehead atoms. The number of halogens is 2. The monoisotopic (exact) mass is 368 g/mol. The molecule has 0 aliphatic carbocycles. The molecule has 9 heteroatoms. The molecule has 2 heterocycles. The third kappa shape index (κ3) is 3.83. The first-order chi connectivity index (χ1) is 12.5. The second kappa shape index (κ2) is 7.79. The number of hydrogen-bond acceptors (Lipinski definition) is 6. The standard InChI is InChI=1S/C17H18F2N2O5/c18-12-7-10(20-14-9-15(23)21(3-4-22)17(14)24)8-13(19)16(12)26-11-1-5-25-6-2-11/h7-9,11,20,22H,1-6H2. The van der Waals surface area contributed by atoms with Crippen LogP contribution in [0.5, 0.6) is 5.75 Å². The first kappa shape index (κ1) is 18.3. The van der Waals surface area contributed by atoms with Crippen LogP contribution in [0.2, 0.25) is 0 Å².